The lowest BCUT2D eigenvalue weighted by Gasteiger charge is -2.26. The summed E-state index contributed by atoms with van der Waals surface area (Å²) in [5.41, 5.74) is 12.8. The number of oxazole rings is 3. The number of hydrogen-bond donors (Lipinski definition) is 0. The predicted molar refractivity (Wildman–Crippen MR) is 263 cm³/mol. The molecule has 0 saturated heterocycles. The molecule has 0 unspecified atom stereocenters. The van der Waals surface area contributed by atoms with Crippen LogP contribution in [0.2, 0.25) is 0 Å². The quantitative estimate of drug-likeness (QED) is 0.146. The van der Waals surface area contributed by atoms with Crippen LogP contribution in [-0.4, -0.2) is 15.0 Å². The predicted octanol–water partition coefficient (Wildman–Crippen LogP) is 15.6. The molecule has 308 valence electrons. The molecular weight excluding hydrogens is 815 g/mol. The van der Waals surface area contributed by atoms with Crippen molar-refractivity contribution in [3.8, 4) is 51.6 Å². The number of benzene rings is 10. The molecule has 13 rings (SSSR count). The second kappa shape index (κ2) is 14.9. The Bertz CT molecular complexity index is 3980. The Labute approximate surface area is 376 Å². The zero-order chi connectivity index (χ0) is 43.7. The SMILES string of the molecule is N#Cc1ccc2c(ccc3cc(-c4ccc5cc(N(c6ccc(-c7nc8ccccc8o7)cc6)c6ccc(-c7nc8cc9oc(-c%10ccccc%10)nc9cc8o7)cc6)ccc5c4)ccc32)c1. The minimum Gasteiger partial charge on any atom is -0.436 e. The van der Waals surface area contributed by atoms with Crippen LogP contribution in [0.5, 0.6) is 0 Å². The lowest BCUT2D eigenvalue weighted by molar-refractivity contribution is 0.618. The first-order valence-electron chi connectivity index (χ1n) is 21.6. The van der Waals surface area contributed by atoms with Gasteiger partial charge in [-0.1, -0.05) is 78.9 Å². The highest BCUT2D eigenvalue weighted by Gasteiger charge is 2.18. The van der Waals surface area contributed by atoms with Crippen molar-refractivity contribution in [2.24, 2.45) is 0 Å². The molecule has 3 aromatic heterocycles. The van der Waals surface area contributed by atoms with Gasteiger partial charge in [-0.3, -0.25) is 0 Å². The van der Waals surface area contributed by atoms with E-state index in [0.717, 1.165) is 82.9 Å². The maximum absolute atomic E-state index is 9.40. The molecule has 0 spiro atoms. The summed E-state index contributed by atoms with van der Waals surface area (Å²) in [7, 11) is 0. The zero-order valence-electron chi connectivity index (χ0n) is 35.0. The Morgan fingerprint density at radius 1 is 0.348 bits per heavy atom. The first-order valence-corrected chi connectivity index (χ1v) is 21.6. The molecule has 10 aromatic carbocycles. The highest BCUT2D eigenvalue weighted by molar-refractivity contribution is 6.09. The standard InChI is InChI=1S/C58H33N5O3/c59-34-35-10-26-48-43(28-35)13-14-44-30-41(20-27-49(44)48)39-11-12-42-31-47(25-19-40(42)29-39)63(45-21-15-37(16-22-45)57-60-50-8-4-5-9-53(50)64-57)46-23-17-38(18-24-46)58-62-52-33-54-51(32-55(52)66-58)61-56(65-54)36-6-2-1-3-7-36/h1-33H. The fourth-order valence-corrected chi connectivity index (χ4v) is 9.00. The van der Waals surface area contributed by atoms with Gasteiger partial charge in [0.05, 0.1) is 11.6 Å². The maximum atomic E-state index is 9.40. The van der Waals surface area contributed by atoms with Gasteiger partial charge < -0.3 is 18.2 Å². The third kappa shape index (κ3) is 6.42. The van der Waals surface area contributed by atoms with Crippen LogP contribution < -0.4 is 4.90 Å². The highest BCUT2D eigenvalue weighted by Crippen LogP contribution is 2.40. The summed E-state index contributed by atoms with van der Waals surface area (Å²) in [4.78, 5) is 16.6. The summed E-state index contributed by atoms with van der Waals surface area (Å²) in [6.45, 7) is 0. The normalized spacial score (nSPS) is 11.6. The van der Waals surface area contributed by atoms with Gasteiger partial charge in [-0.2, -0.15) is 5.26 Å². The maximum Gasteiger partial charge on any atom is 0.227 e. The van der Waals surface area contributed by atoms with Gasteiger partial charge in [0, 0.05) is 45.9 Å². The van der Waals surface area contributed by atoms with Crippen LogP contribution in [-0.2, 0) is 0 Å². The number of para-hydroxylation sites is 2. The van der Waals surface area contributed by atoms with Gasteiger partial charge in [0.25, 0.3) is 0 Å². The molecule has 8 heteroatoms. The van der Waals surface area contributed by atoms with E-state index in [-0.39, 0.29) is 0 Å². The number of rotatable bonds is 7. The van der Waals surface area contributed by atoms with E-state index in [9.17, 15) is 5.26 Å². The number of nitrogens with zero attached hydrogens (tertiary/aromatic N) is 5. The lowest BCUT2D eigenvalue weighted by Crippen LogP contribution is -2.09. The monoisotopic (exact) mass is 847 g/mol. The van der Waals surface area contributed by atoms with Gasteiger partial charge in [0.1, 0.15) is 16.6 Å². The fraction of sp³-hybridized carbons (Fsp3) is 0. The van der Waals surface area contributed by atoms with Crippen molar-refractivity contribution in [3.05, 3.63) is 206 Å². The molecule has 0 N–H and O–H groups in total. The Kier molecular flexibility index (Phi) is 8.41. The molecule has 0 fully saturated rings. The van der Waals surface area contributed by atoms with E-state index in [4.69, 9.17) is 28.2 Å². The number of aromatic nitrogens is 3. The first-order chi connectivity index (χ1) is 32.6. The van der Waals surface area contributed by atoms with E-state index in [0.29, 0.717) is 45.4 Å². The molecule has 0 saturated carbocycles. The van der Waals surface area contributed by atoms with Gasteiger partial charge in [-0.25, -0.2) is 15.0 Å². The molecule has 0 aliphatic rings. The Balaban J connectivity index is 0.846. The molecule has 0 atom stereocenters. The van der Waals surface area contributed by atoms with Gasteiger partial charge in [-0.05, 0) is 153 Å². The largest absolute Gasteiger partial charge is 0.436 e. The number of fused-ring (bicyclic) bond motifs is 7. The Morgan fingerprint density at radius 3 is 1.47 bits per heavy atom. The van der Waals surface area contributed by atoms with Crippen molar-refractivity contribution in [3.63, 3.8) is 0 Å². The molecule has 0 bridgehead atoms. The van der Waals surface area contributed by atoms with Crippen molar-refractivity contribution in [2.45, 2.75) is 0 Å². The average molecular weight is 848 g/mol. The van der Waals surface area contributed by atoms with Crippen LogP contribution >= 0.6 is 0 Å². The topological polar surface area (TPSA) is 105 Å². The van der Waals surface area contributed by atoms with Crippen LogP contribution in [0.4, 0.5) is 17.1 Å². The molecular formula is C58H33N5O3. The molecule has 3 heterocycles. The van der Waals surface area contributed by atoms with Crippen molar-refractivity contribution < 1.29 is 13.3 Å². The van der Waals surface area contributed by atoms with Gasteiger partial charge in [0.2, 0.25) is 17.7 Å². The summed E-state index contributed by atoms with van der Waals surface area (Å²) in [6, 6.07) is 70.2. The minimum absolute atomic E-state index is 0.511. The third-order valence-electron chi connectivity index (χ3n) is 12.3. The zero-order valence-corrected chi connectivity index (χ0v) is 35.0. The molecule has 0 aliphatic heterocycles. The third-order valence-corrected chi connectivity index (χ3v) is 12.3. The van der Waals surface area contributed by atoms with E-state index >= 15 is 0 Å². The van der Waals surface area contributed by atoms with Crippen LogP contribution in [0, 0.1) is 11.3 Å². The van der Waals surface area contributed by atoms with Crippen molar-refractivity contribution in [1.29, 1.82) is 5.26 Å². The van der Waals surface area contributed by atoms with Crippen molar-refractivity contribution in [2.75, 3.05) is 4.90 Å². The van der Waals surface area contributed by atoms with E-state index in [2.05, 4.69) is 114 Å². The number of hydrogen-bond acceptors (Lipinski definition) is 8. The number of anilines is 3. The summed E-state index contributed by atoms with van der Waals surface area (Å²) in [5.74, 6) is 1.65. The van der Waals surface area contributed by atoms with Gasteiger partial charge in [-0.15, -0.1) is 0 Å². The van der Waals surface area contributed by atoms with E-state index < -0.39 is 0 Å². The summed E-state index contributed by atoms with van der Waals surface area (Å²) < 4.78 is 18.6. The van der Waals surface area contributed by atoms with Gasteiger partial charge >= 0.3 is 0 Å². The number of nitriles is 1. The highest BCUT2D eigenvalue weighted by atomic mass is 16.4. The van der Waals surface area contributed by atoms with Gasteiger partial charge in [0.15, 0.2) is 16.7 Å². The lowest BCUT2D eigenvalue weighted by atomic mass is 9.95. The van der Waals surface area contributed by atoms with E-state index in [1.165, 1.54) is 5.39 Å². The van der Waals surface area contributed by atoms with Crippen LogP contribution in [0.25, 0.3) is 111 Å². The van der Waals surface area contributed by atoms with Crippen molar-refractivity contribution >= 4 is 82.7 Å². The summed E-state index contributed by atoms with van der Waals surface area (Å²) in [6.07, 6.45) is 0. The smallest absolute Gasteiger partial charge is 0.227 e. The molecule has 13 aromatic rings. The minimum atomic E-state index is 0.511. The van der Waals surface area contributed by atoms with Crippen LogP contribution in [0.15, 0.2) is 213 Å². The molecule has 0 radical (unpaired) electrons. The van der Waals surface area contributed by atoms with Crippen LogP contribution in [0.3, 0.4) is 0 Å². The second-order valence-corrected chi connectivity index (χ2v) is 16.4. The first kappa shape index (κ1) is 37.3. The average Bonchev–Trinajstić information content (AvgIpc) is 4.13. The van der Waals surface area contributed by atoms with E-state index in [1.54, 1.807) is 0 Å². The molecule has 0 amide bonds. The molecule has 0 aliphatic carbocycles. The van der Waals surface area contributed by atoms with Crippen molar-refractivity contribution in [1.82, 2.24) is 15.0 Å². The van der Waals surface area contributed by atoms with E-state index in [1.807, 2.05) is 97.1 Å². The Hall–Kier alpha value is -9.32. The summed E-state index contributed by atoms with van der Waals surface area (Å²) >= 11 is 0. The van der Waals surface area contributed by atoms with Crippen LogP contribution in [0.1, 0.15) is 5.56 Å². The summed E-state index contributed by atoms with van der Waals surface area (Å²) in [5, 5.41) is 16.2. The molecule has 8 nitrogen and oxygen atoms in total. The molecule has 66 heavy (non-hydrogen) atoms. The Morgan fingerprint density at radius 2 is 0.818 bits per heavy atom. The fourth-order valence-electron chi connectivity index (χ4n) is 9.00. The second-order valence-electron chi connectivity index (χ2n) is 16.4.